The highest BCUT2D eigenvalue weighted by atomic mass is 32.2. The molecule has 0 bridgehead atoms. The molecular formula is C20H31N3O4S. The molecule has 1 aromatic carbocycles. The van der Waals surface area contributed by atoms with Gasteiger partial charge in [-0.05, 0) is 31.0 Å². The predicted octanol–water partition coefficient (Wildman–Crippen LogP) is 1.64. The standard InChI is InChI=1S/C20H31N3O4S/c1-20(2,3)19(25)23-11-5-6-17(13-23)18(24)22-12-15-7-9-16(10-8-15)14-28(26,27)21-4/h7-10,17,21H,5-6,11-14H2,1-4H3,(H,22,24). The number of carbonyl (C=O) groups excluding carboxylic acids is 2. The zero-order chi connectivity index (χ0) is 20.9. The second kappa shape index (κ2) is 9.05. The number of benzene rings is 1. The topological polar surface area (TPSA) is 95.6 Å². The molecule has 1 saturated heterocycles. The molecule has 1 heterocycles. The van der Waals surface area contributed by atoms with Crippen LogP contribution in [0.3, 0.4) is 0 Å². The van der Waals surface area contributed by atoms with Crippen molar-refractivity contribution in [3.05, 3.63) is 35.4 Å². The van der Waals surface area contributed by atoms with E-state index in [1.165, 1.54) is 7.05 Å². The monoisotopic (exact) mass is 409 g/mol. The van der Waals surface area contributed by atoms with Gasteiger partial charge in [0.1, 0.15) is 0 Å². The first-order valence-electron chi connectivity index (χ1n) is 9.58. The molecular weight excluding hydrogens is 378 g/mol. The number of hydrogen-bond acceptors (Lipinski definition) is 4. The summed E-state index contributed by atoms with van der Waals surface area (Å²) >= 11 is 0. The van der Waals surface area contributed by atoms with Crippen LogP contribution in [-0.2, 0) is 31.9 Å². The summed E-state index contributed by atoms with van der Waals surface area (Å²) < 4.78 is 25.5. The van der Waals surface area contributed by atoms with Crippen molar-refractivity contribution < 1.29 is 18.0 Å². The van der Waals surface area contributed by atoms with Crippen LogP contribution in [0.5, 0.6) is 0 Å². The van der Waals surface area contributed by atoms with Gasteiger partial charge in [0.2, 0.25) is 21.8 Å². The van der Waals surface area contributed by atoms with E-state index in [1.807, 2.05) is 32.9 Å². The van der Waals surface area contributed by atoms with Crippen molar-refractivity contribution in [2.75, 3.05) is 20.1 Å². The quantitative estimate of drug-likeness (QED) is 0.747. The summed E-state index contributed by atoms with van der Waals surface area (Å²) in [6.07, 6.45) is 1.61. The third-order valence-electron chi connectivity index (χ3n) is 4.88. The second-order valence-corrected chi connectivity index (χ2v) is 10.3. The molecule has 28 heavy (non-hydrogen) atoms. The summed E-state index contributed by atoms with van der Waals surface area (Å²) in [7, 11) is -1.91. The minimum absolute atomic E-state index is 0.0479. The van der Waals surface area contributed by atoms with E-state index in [2.05, 4.69) is 10.0 Å². The van der Waals surface area contributed by atoms with Crippen LogP contribution in [-0.4, -0.2) is 45.3 Å². The van der Waals surface area contributed by atoms with Crippen molar-refractivity contribution in [1.29, 1.82) is 0 Å². The van der Waals surface area contributed by atoms with E-state index in [1.54, 1.807) is 17.0 Å². The average Bonchev–Trinajstić information content (AvgIpc) is 2.65. The molecule has 1 aliphatic rings. The number of rotatable bonds is 6. The highest BCUT2D eigenvalue weighted by Gasteiger charge is 2.33. The van der Waals surface area contributed by atoms with E-state index in [0.717, 1.165) is 18.4 Å². The van der Waals surface area contributed by atoms with Gasteiger partial charge in [0.25, 0.3) is 0 Å². The number of nitrogens with one attached hydrogen (secondary N) is 2. The smallest absolute Gasteiger partial charge is 0.227 e. The summed E-state index contributed by atoms with van der Waals surface area (Å²) in [6.45, 7) is 7.22. The number of piperidine rings is 1. The lowest BCUT2D eigenvalue weighted by atomic mass is 9.91. The van der Waals surface area contributed by atoms with E-state index in [0.29, 0.717) is 25.2 Å². The van der Waals surface area contributed by atoms with E-state index in [-0.39, 0.29) is 23.5 Å². The number of amides is 2. The minimum atomic E-state index is -3.30. The summed E-state index contributed by atoms with van der Waals surface area (Å²) in [4.78, 5) is 26.8. The van der Waals surface area contributed by atoms with Crippen LogP contribution in [0.4, 0.5) is 0 Å². The third kappa shape index (κ3) is 6.31. The fourth-order valence-electron chi connectivity index (χ4n) is 3.23. The molecule has 1 atom stereocenters. The molecule has 1 aromatic rings. The Labute approximate surface area is 167 Å². The van der Waals surface area contributed by atoms with Crippen molar-refractivity contribution in [2.24, 2.45) is 11.3 Å². The van der Waals surface area contributed by atoms with E-state index < -0.39 is 15.4 Å². The van der Waals surface area contributed by atoms with Crippen LogP contribution in [0, 0.1) is 11.3 Å². The summed E-state index contributed by atoms with van der Waals surface area (Å²) in [5.74, 6) is -0.235. The molecule has 0 saturated carbocycles. The van der Waals surface area contributed by atoms with Gasteiger partial charge >= 0.3 is 0 Å². The first-order chi connectivity index (χ1) is 13.0. The van der Waals surface area contributed by atoms with Gasteiger partial charge < -0.3 is 10.2 Å². The Balaban J connectivity index is 1.89. The van der Waals surface area contributed by atoms with Gasteiger partial charge in [-0.15, -0.1) is 0 Å². The van der Waals surface area contributed by atoms with Gasteiger partial charge in [0, 0.05) is 25.0 Å². The van der Waals surface area contributed by atoms with E-state index in [4.69, 9.17) is 0 Å². The van der Waals surface area contributed by atoms with Gasteiger partial charge in [-0.25, -0.2) is 13.1 Å². The molecule has 0 radical (unpaired) electrons. The van der Waals surface area contributed by atoms with Gasteiger partial charge in [0.15, 0.2) is 0 Å². The number of carbonyl (C=O) groups is 2. The SMILES string of the molecule is CNS(=O)(=O)Cc1ccc(CNC(=O)C2CCCN(C(=O)C(C)(C)C)C2)cc1. The van der Waals surface area contributed by atoms with Crippen LogP contribution >= 0.6 is 0 Å². The van der Waals surface area contributed by atoms with Crippen LogP contribution in [0.25, 0.3) is 0 Å². The molecule has 0 aliphatic carbocycles. The van der Waals surface area contributed by atoms with Crippen LogP contribution in [0.2, 0.25) is 0 Å². The molecule has 1 aliphatic heterocycles. The lowest BCUT2D eigenvalue weighted by Gasteiger charge is -2.35. The molecule has 1 fully saturated rings. The van der Waals surface area contributed by atoms with E-state index in [9.17, 15) is 18.0 Å². The van der Waals surface area contributed by atoms with Gasteiger partial charge in [0.05, 0.1) is 11.7 Å². The Morgan fingerprint density at radius 3 is 2.32 bits per heavy atom. The zero-order valence-electron chi connectivity index (χ0n) is 17.1. The maximum Gasteiger partial charge on any atom is 0.227 e. The van der Waals surface area contributed by atoms with Crippen molar-refractivity contribution in [1.82, 2.24) is 14.9 Å². The Hall–Kier alpha value is -1.93. The molecule has 0 spiro atoms. The summed E-state index contributed by atoms with van der Waals surface area (Å²) in [5, 5.41) is 2.94. The Morgan fingerprint density at radius 1 is 1.14 bits per heavy atom. The fraction of sp³-hybridized carbons (Fsp3) is 0.600. The lowest BCUT2D eigenvalue weighted by molar-refractivity contribution is -0.142. The molecule has 8 heteroatoms. The lowest BCUT2D eigenvalue weighted by Crippen LogP contribution is -2.48. The van der Waals surface area contributed by atoms with Gasteiger partial charge in [-0.3, -0.25) is 9.59 Å². The normalized spacial score (nSPS) is 18.0. The highest BCUT2D eigenvalue weighted by Crippen LogP contribution is 2.23. The highest BCUT2D eigenvalue weighted by molar-refractivity contribution is 7.88. The molecule has 156 valence electrons. The average molecular weight is 410 g/mol. The fourth-order valence-corrected chi connectivity index (χ4v) is 4.00. The van der Waals surface area contributed by atoms with Gasteiger partial charge in [-0.2, -0.15) is 0 Å². The first-order valence-corrected chi connectivity index (χ1v) is 11.2. The number of sulfonamides is 1. The summed E-state index contributed by atoms with van der Waals surface area (Å²) in [5.41, 5.74) is 1.14. The molecule has 7 nitrogen and oxygen atoms in total. The van der Waals surface area contributed by atoms with Crippen molar-refractivity contribution in [2.45, 2.75) is 45.9 Å². The number of hydrogen-bond donors (Lipinski definition) is 2. The number of nitrogens with zero attached hydrogens (tertiary/aromatic N) is 1. The Bertz CT molecular complexity index is 798. The van der Waals surface area contributed by atoms with Crippen molar-refractivity contribution in [3.63, 3.8) is 0 Å². The van der Waals surface area contributed by atoms with Gasteiger partial charge in [-0.1, -0.05) is 45.0 Å². The molecule has 1 unspecified atom stereocenters. The van der Waals surface area contributed by atoms with Crippen molar-refractivity contribution >= 4 is 21.8 Å². The molecule has 2 N–H and O–H groups in total. The van der Waals surface area contributed by atoms with Crippen molar-refractivity contribution in [3.8, 4) is 0 Å². The van der Waals surface area contributed by atoms with Crippen LogP contribution in [0.1, 0.15) is 44.7 Å². The Morgan fingerprint density at radius 2 is 1.75 bits per heavy atom. The number of likely N-dealkylation sites (tertiary alicyclic amines) is 1. The molecule has 2 amide bonds. The van der Waals surface area contributed by atoms with Crippen LogP contribution < -0.4 is 10.0 Å². The zero-order valence-corrected chi connectivity index (χ0v) is 17.9. The van der Waals surface area contributed by atoms with Crippen LogP contribution in [0.15, 0.2) is 24.3 Å². The molecule has 2 rings (SSSR count). The molecule has 0 aromatic heterocycles. The predicted molar refractivity (Wildman–Crippen MR) is 109 cm³/mol. The largest absolute Gasteiger partial charge is 0.352 e. The maximum absolute atomic E-state index is 12.5. The van der Waals surface area contributed by atoms with E-state index >= 15 is 0 Å². The second-order valence-electron chi connectivity index (χ2n) is 8.34. The Kier molecular flexibility index (Phi) is 7.22. The third-order valence-corrected chi connectivity index (χ3v) is 6.21. The maximum atomic E-state index is 12.5. The minimum Gasteiger partial charge on any atom is -0.352 e. The first kappa shape index (κ1) is 22.4. The summed E-state index contributed by atoms with van der Waals surface area (Å²) in [6, 6.07) is 7.13.